The van der Waals surface area contributed by atoms with Crippen LogP contribution in [0.15, 0.2) is 42.6 Å². The second kappa shape index (κ2) is 8.26. The number of carbonyl (C=O) groups is 1. The number of aromatic nitrogens is 2. The van der Waals surface area contributed by atoms with Crippen LogP contribution in [0.2, 0.25) is 0 Å². The van der Waals surface area contributed by atoms with E-state index in [2.05, 4.69) is 73.9 Å². The number of anilines is 4. The molecule has 0 aliphatic carbocycles. The number of hydrogen-bond donors (Lipinski definition) is 1. The molecule has 3 aromatic rings. The minimum atomic E-state index is -0.234. The molecular formula is C23H30N6O. The highest BCUT2D eigenvalue weighted by Gasteiger charge is 2.30. The topological polar surface area (TPSA) is 58.7 Å². The number of carbonyl (C=O) groups excluding carboxylic acids is 1. The number of benzene rings is 1. The summed E-state index contributed by atoms with van der Waals surface area (Å²) in [4.78, 5) is 28.9. The average Bonchev–Trinajstić information content (AvgIpc) is 3.21. The zero-order chi connectivity index (χ0) is 21.3. The van der Waals surface area contributed by atoms with E-state index in [1.165, 1.54) is 0 Å². The third-order valence-electron chi connectivity index (χ3n) is 5.94. The molecule has 7 heteroatoms. The van der Waals surface area contributed by atoms with Crippen LogP contribution in [-0.2, 0) is 4.79 Å². The summed E-state index contributed by atoms with van der Waals surface area (Å²) in [5.41, 5.74) is 3.33. The molecule has 2 aromatic heterocycles. The van der Waals surface area contributed by atoms with Crippen molar-refractivity contribution in [3.05, 3.63) is 42.6 Å². The Morgan fingerprint density at radius 2 is 2.03 bits per heavy atom. The van der Waals surface area contributed by atoms with Gasteiger partial charge in [0.2, 0.25) is 0 Å². The molecule has 1 aromatic carbocycles. The lowest BCUT2D eigenvalue weighted by Crippen LogP contribution is -2.54. The van der Waals surface area contributed by atoms with Gasteiger partial charge in [-0.3, -0.25) is 0 Å². The van der Waals surface area contributed by atoms with Gasteiger partial charge in [-0.25, -0.2) is 4.98 Å². The monoisotopic (exact) mass is 406 g/mol. The van der Waals surface area contributed by atoms with Crippen molar-refractivity contribution in [2.75, 3.05) is 66.9 Å². The molecule has 0 bridgehead atoms. The Morgan fingerprint density at radius 3 is 2.77 bits per heavy atom. The van der Waals surface area contributed by atoms with E-state index in [1.807, 2.05) is 26.4 Å². The fourth-order valence-corrected chi connectivity index (χ4v) is 4.05. The molecule has 1 N–H and O–H groups in total. The SMILES string of the molecule is CCN(C)c1cccnc1N1CCN(c2cc3ccc(N(C)C)cc3[nH]2)C(C=O)C1. The van der Waals surface area contributed by atoms with Crippen molar-refractivity contribution in [1.29, 1.82) is 0 Å². The Morgan fingerprint density at radius 1 is 1.20 bits per heavy atom. The highest BCUT2D eigenvalue weighted by molar-refractivity contribution is 5.88. The number of aromatic amines is 1. The molecule has 0 radical (unpaired) electrons. The highest BCUT2D eigenvalue weighted by Crippen LogP contribution is 2.31. The smallest absolute Gasteiger partial charge is 0.152 e. The maximum atomic E-state index is 12.0. The standard InChI is InChI=1S/C23H30N6O/c1-5-27(4)21-7-6-10-24-23(21)28-11-12-29(19(15-28)16-30)22-13-17-8-9-18(26(2)3)14-20(17)25-22/h6-10,13-14,16,19,25H,5,11-12,15H2,1-4H3. The lowest BCUT2D eigenvalue weighted by Gasteiger charge is -2.41. The Labute approximate surface area is 177 Å². The van der Waals surface area contributed by atoms with Gasteiger partial charge in [0.15, 0.2) is 5.82 Å². The molecule has 1 aliphatic heterocycles. The molecule has 0 saturated carbocycles. The van der Waals surface area contributed by atoms with Crippen molar-refractivity contribution in [1.82, 2.24) is 9.97 Å². The summed E-state index contributed by atoms with van der Waals surface area (Å²) >= 11 is 0. The van der Waals surface area contributed by atoms with E-state index in [-0.39, 0.29) is 6.04 Å². The number of fused-ring (bicyclic) bond motifs is 1. The third kappa shape index (κ3) is 3.67. The number of nitrogens with zero attached hydrogens (tertiary/aromatic N) is 5. The summed E-state index contributed by atoms with van der Waals surface area (Å²) in [6.07, 6.45) is 2.87. The van der Waals surface area contributed by atoms with E-state index >= 15 is 0 Å². The quantitative estimate of drug-likeness (QED) is 0.635. The Balaban J connectivity index is 1.59. The first-order valence-electron chi connectivity index (χ1n) is 10.4. The number of pyridine rings is 1. The first kappa shape index (κ1) is 20.1. The molecule has 1 aliphatic rings. The van der Waals surface area contributed by atoms with E-state index in [4.69, 9.17) is 0 Å². The summed E-state index contributed by atoms with van der Waals surface area (Å²) in [5.74, 6) is 1.94. The summed E-state index contributed by atoms with van der Waals surface area (Å²) in [5, 5.41) is 1.15. The Hall–Kier alpha value is -3.22. The summed E-state index contributed by atoms with van der Waals surface area (Å²) in [6, 6.07) is 12.3. The second-order valence-corrected chi connectivity index (χ2v) is 8.02. The fraction of sp³-hybridized carbons (Fsp3) is 0.391. The van der Waals surface area contributed by atoms with Gasteiger partial charge in [-0.15, -0.1) is 0 Å². The van der Waals surface area contributed by atoms with Crippen molar-refractivity contribution in [2.45, 2.75) is 13.0 Å². The molecule has 1 atom stereocenters. The predicted molar refractivity (Wildman–Crippen MR) is 125 cm³/mol. The number of nitrogens with one attached hydrogen (secondary N) is 1. The molecule has 3 heterocycles. The minimum absolute atomic E-state index is 0.234. The van der Waals surface area contributed by atoms with Crippen LogP contribution in [0, 0.1) is 0 Å². The van der Waals surface area contributed by atoms with Crippen molar-refractivity contribution < 1.29 is 4.79 Å². The van der Waals surface area contributed by atoms with Crippen LogP contribution in [0.3, 0.4) is 0 Å². The van der Waals surface area contributed by atoms with Crippen LogP contribution in [0.4, 0.5) is 23.0 Å². The number of piperazine rings is 1. The van der Waals surface area contributed by atoms with E-state index in [0.717, 1.165) is 59.8 Å². The average molecular weight is 407 g/mol. The van der Waals surface area contributed by atoms with Gasteiger partial charge in [-0.1, -0.05) is 6.07 Å². The van der Waals surface area contributed by atoms with Gasteiger partial charge in [0, 0.05) is 70.1 Å². The number of hydrogen-bond acceptors (Lipinski definition) is 6. The summed E-state index contributed by atoms with van der Waals surface area (Å²) < 4.78 is 0. The molecule has 7 nitrogen and oxygen atoms in total. The summed E-state index contributed by atoms with van der Waals surface area (Å²) in [6.45, 7) is 5.20. The van der Waals surface area contributed by atoms with Crippen LogP contribution >= 0.6 is 0 Å². The van der Waals surface area contributed by atoms with Crippen molar-refractivity contribution in [3.63, 3.8) is 0 Å². The number of aldehydes is 1. The zero-order valence-electron chi connectivity index (χ0n) is 18.2. The normalized spacial score (nSPS) is 16.7. The fourth-order valence-electron chi connectivity index (χ4n) is 4.05. The van der Waals surface area contributed by atoms with Crippen LogP contribution in [-0.4, -0.2) is 69.6 Å². The lowest BCUT2D eigenvalue weighted by atomic mass is 10.1. The van der Waals surface area contributed by atoms with Crippen LogP contribution in [0.5, 0.6) is 0 Å². The van der Waals surface area contributed by atoms with E-state index in [9.17, 15) is 4.79 Å². The van der Waals surface area contributed by atoms with Gasteiger partial charge in [0.25, 0.3) is 0 Å². The van der Waals surface area contributed by atoms with Crippen LogP contribution in [0.25, 0.3) is 10.9 Å². The zero-order valence-corrected chi connectivity index (χ0v) is 18.2. The molecule has 4 rings (SSSR count). The maximum absolute atomic E-state index is 12.0. The largest absolute Gasteiger partial charge is 0.378 e. The first-order chi connectivity index (χ1) is 14.5. The third-order valence-corrected chi connectivity index (χ3v) is 5.94. The van der Waals surface area contributed by atoms with E-state index in [0.29, 0.717) is 6.54 Å². The Bertz CT molecular complexity index is 1030. The highest BCUT2D eigenvalue weighted by atomic mass is 16.1. The maximum Gasteiger partial charge on any atom is 0.152 e. The number of rotatable bonds is 6. The molecular weight excluding hydrogens is 376 g/mol. The van der Waals surface area contributed by atoms with E-state index in [1.54, 1.807) is 0 Å². The van der Waals surface area contributed by atoms with Crippen LogP contribution < -0.4 is 19.6 Å². The Kier molecular flexibility index (Phi) is 5.53. The van der Waals surface area contributed by atoms with Crippen molar-refractivity contribution in [2.24, 2.45) is 0 Å². The minimum Gasteiger partial charge on any atom is -0.378 e. The lowest BCUT2D eigenvalue weighted by molar-refractivity contribution is -0.109. The van der Waals surface area contributed by atoms with Crippen LogP contribution in [0.1, 0.15) is 6.92 Å². The predicted octanol–water partition coefficient (Wildman–Crippen LogP) is 2.98. The van der Waals surface area contributed by atoms with Gasteiger partial charge in [0.05, 0.1) is 5.69 Å². The first-order valence-corrected chi connectivity index (χ1v) is 10.4. The second-order valence-electron chi connectivity index (χ2n) is 8.02. The molecule has 1 unspecified atom stereocenters. The molecule has 158 valence electrons. The van der Waals surface area contributed by atoms with E-state index < -0.39 is 0 Å². The molecule has 1 fully saturated rings. The van der Waals surface area contributed by atoms with Gasteiger partial charge in [-0.05, 0) is 37.3 Å². The summed E-state index contributed by atoms with van der Waals surface area (Å²) in [7, 11) is 6.14. The van der Waals surface area contributed by atoms with Crippen molar-refractivity contribution in [3.8, 4) is 0 Å². The van der Waals surface area contributed by atoms with Gasteiger partial charge in [0.1, 0.15) is 18.1 Å². The van der Waals surface area contributed by atoms with Gasteiger partial charge in [-0.2, -0.15) is 0 Å². The van der Waals surface area contributed by atoms with Gasteiger partial charge >= 0.3 is 0 Å². The van der Waals surface area contributed by atoms with Crippen molar-refractivity contribution >= 4 is 40.2 Å². The molecule has 0 spiro atoms. The molecule has 0 amide bonds. The molecule has 30 heavy (non-hydrogen) atoms. The molecule has 1 saturated heterocycles. The van der Waals surface area contributed by atoms with Gasteiger partial charge < -0.3 is 29.4 Å². The number of H-pyrrole nitrogens is 1.